The molecule has 2 heterocycles. The molecular formula is C12H19NOS. The van der Waals surface area contributed by atoms with Crippen LogP contribution in [0.3, 0.4) is 0 Å². The lowest BCUT2D eigenvalue weighted by Crippen LogP contribution is -2.44. The van der Waals surface area contributed by atoms with Crippen LogP contribution in [0.1, 0.15) is 30.2 Å². The summed E-state index contributed by atoms with van der Waals surface area (Å²) in [4.78, 5) is 1.56. The molecule has 0 spiro atoms. The molecule has 1 atom stereocenters. The zero-order valence-electron chi connectivity index (χ0n) is 9.51. The second kappa shape index (κ2) is 4.64. The first-order valence-corrected chi connectivity index (χ1v) is 6.45. The van der Waals surface area contributed by atoms with Gasteiger partial charge in [0.25, 0.3) is 0 Å². The van der Waals surface area contributed by atoms with Crippen LogP contribution < -0.4 is 5.32 Å². The van der Waals surface area contributed by atoms with Crippen molar-refractivity contribution >= 4 is 11.3 Å². The van der Waals surface area contributed by atoms with Gasteiger partial charge in [-0.3, -0.25) is 0 Å². The number of rotatable bonds is 4. The lowest BCUT2D eigenvalue weighted by atomic mass is 9.84. The molecule has 1 N–H and O–H groups in total. The molecule has 3 heteroatoms. The van der Waals surface area contributed by atoms with Crippen LogP contribution in [0.5, 0.6) is 0 Å². The second-order valence-corrected chi connectivity index (χ2v) is 5.36. The van der Waals surface area contributed by atoms with Gasteiger partial charge in [-0.05, 0) is 43.2 Å². The summed E-state index contributed by atoms with van der Waals surface area (Å²) >= 11 is 1.90. The van der Waals surface area contributed by atoms with E-state index in [1.807, 2.05) is 11.3 Å². The van der Waals surface area contributed by atoms with Crippen LogP contribution in [0.15, 0.2) is 11.4 Å². The zero-order chi connectivity index (χ0) is 10.7. The molecule has 2 rings (SSSR count). The number of fused-ring (bicyclic) bond motifs is 1. The van der Waals surface area contributed by atoms with Gasteiger partial charge in [-0.2, -0.15) is 0 Å². The van der Waals surface area contributed by atoms with Crippen LogP contribution in [-0.4, -0.2) is 20.3 Å². The highest BCUT2D eigenvalue weighted by atomic mass is 32.1. The average molecular weight is 225 g/mol. The number of hydrogen-bond donors (Lipinski definition) is 1. The van der Waals surface area contributed by atoms with E-state index in [-0.39, 0.29) is 5.54 Å². The third kappa shape index (κ3) is 2.25. The van der Waals surface area contributed by atoms with Gasteiger partial charge in [0, 0.05) is 30.7 Å². The summed E-state index contributed by atoms with van der Waals surface area (Å²) in [6.45, 7) is 4.28. The molecular weight excluding hydrogens is 206 g/mol. The minimum absolute atomic E-state index is 0.173. The quantitative estimate of drug-likeness (QED) is 0.795. The Bertz CT molecular complexity index is 323. The van der Waals surface area contributed by atoms with Gasteiger partial charge in [0.1, 0.15) is 0 Å². The van der Waals surface area contributed by atoms with Crippen molar-refractivity contribution in [3.63, 3.8) is 0 Å². The molecule has 1 aliphatic rings. The summed E-state index contributed by atoms with van der Waals surface area (Å²) in [6, 6.07) is 2.28. The lowest BCUT2D eigenvalue weighted by molar-refractivity contribution is 0.177. The Balaban J connectivity index is 2.09. The molecule has 0 bridgehead atoms. The second-order valence-electron chi connectivity index (χ2n) is 4.36. The fraction of sp³-hybridized carbons (Fsp3) is 0.667. The van der Waals surface area contributed by atoms with Crippen LogP contribution in [0.2, 0.25) is 0 Å². The molecule has 0 saturated carbocycles. The number of hydrogen-bond acceptors (Lipinski definition) is 3. The van der Waals surface area contributed by atoms with Crippen molar-refractivity contribution in [3.05, 3.63) is 21.9 Å². The third-order valence-corrected chi connectivity index (χ3v) is 4.21. The normalized spacial score (nSPS) is 25.2. The topological polar surface area (TPSA) is 21.3 Å². The SMILES string of the molecule is COCCCC1(C)NCCc2sccc21. The predicted molar refractivity (Wildman–Crippen MR) is 64.5 cm³/mol. The Morgan fingerprint density at radius 3 is 3.27 bits per heavy atom. The molecule has 84 valence electrons. The van der Waals surface area contributed by atoms with Gasteiger partial charge in [-0.25, -0.2) is 0 Å². The highest BCUT2D eigenvalue weighted by molar-refractivity contribution is 7.10. The fourth-order valence-corrected chi connectivity index (χ4v) is 3.37. The van der Waals surface area contributed by atoms with E-state index in [1.165, 1.54) is 12.0 Å². The fourth-order valence-electron chi connectivity index (χ4n) is 2.37. The molecule has 2 nitrogen and oxygen atoms in total. The van der Waals surface area contributed by atoms with Crippen molar-refractivity contribution in [2.24, 2.45) is 0 Å². The third-order valence-electron chi connectivity index (χ3n) is 3.23. The van der Waals surface area contributed by atoms with Crippen molar-refractivity contribution < 1.29 is 4.74 Å². The van der Waals surface area contributed by atoms with E-state index >= 15 is 0 Å². The number of nitrogens with one attached hydrogen (secondary N) is 1. The summed E-state index contributed by atoms with van der Waals surface area (Å²) in [5.74, 6) is 0. The van der Waals surface area contributed by atoms with Gasteiger partial charge in [-0.15, -0.1) is 11.3 Å². The largest absolute Gasteiger partial charge is 0.385 e. The monoisotopic (exact) mass is 225 g/mol. The standard InChI is InChI=1S/C12H19NOS/c1-12(6-3-8-14-2)10-5-9-15-11(10)4-7-13-12/h5,9,13H,3-4,6-8H2,1-2H3. The highest BCUT2D eigenvalue weighted by Crippen LogP contribution is 2.35. The van der Waals surface area contributed by atoms with Crippen LogP contribution in [0, 0.1) is 0 Å². The Hall–Kier alpha value is -0.380. The van der Waals surface area contributed by atoms with E-state index in [4.69, 9.17) is 4.74 Å². The Kier molecular flexibility index (Phi) is 3.44. The van der Waals surface area contributed by atoms with Crippen molar-refractivity contribution in [1.29, 1.82) is 0 Å². The van der Waals surface area contributed by atoms with E-state index in [9.17, 15) is 0 Å². The molecule has 0 aliphatic carbocycles. The highest BCUT2D eigenvalue weighted by Gasteiger charge is 2.31. The molecule has 1 aromatic rings. The van der Waals surface area contributed by atoms with Crippen molar-refractivity contribution in [2.45, 2.75) is 31.7 Å². The van der Waals surface area contributed by atoms with Crippen LogP contribution in [0.25, 0.3) is 0 Å². The Labute approximate surface area is 95.6 Å². The van der Waals surface area contributed by atoms with Crippen molar-refractivity contribution in [3.8, 4) is 0 Å². The van der Waals surface area contributed by atoms with E-state index in [2.05, 4.69) is 23.7 Å². The van der Waals surface area contributed by atoms with Crippen LogP contribution in [0.4, 0.5) is 0 Å². The van der Waals surface area contributed by atoms with Crippen molar-refractivity contribution in [2.75, 3.05) is 20.3 Å². The average Bonchev–Trinajstić information content (AvgIpc) is 2.68. The van der Waals surface area contributed by atoms with E-state index in [0.717, 1.165) is 26.0 Å². The molecule has 15 heavy (non-hydrogen) atoms. The molecule has 0 aromatic carbocycles. The zero-order valence-corrected chi connectivity index (χ0v) is 10.3. The van der Waals surface area contributed by atoms with Gasteiger partial charge in [0.2, 0.25) is 0 Å². The number of ether oxygens (including phenoxy) is 1. The van der Waals surface area contributed by atoms with Gasteiger partial charge in [0.05, 0.1) is 0 Å². The first kappa shape index (κ1) is 11.1. The van der Waals surface area contributed by atoms with Gasteiger partial charge in [-0.1, -0.05) is 0 Å². The maximum Gasteiger partial charge on any atom is 0.0463 e. The van der Waals surface area contributed by atoms with E-state index in [0.29, 0.717) is 0 Å². The maximum absolute atomic E-state index is 5.12. The lowest BCUT2D eigenvalue weighted by Gasteiger charge is -2.35. The Morgan fingerprint density at radius 2 is 2.47 bits per heavy atom. The summed E-state index contributed by atoms with van der Waals surface area (Å²) in [6.07, 6.45) is 3.47. The smallest absolute Gasteiger partial charge is 0.0463 e. The molecule has 1 aromatic heterocycles. The predicted octanol–water partition coefficient (Wildman–Crippen LogP) is 2.54. The summed E-state index contributed by atoms with van der Waals surface area (Å²) in [7, 11) is 1.77. The minimum atomic E-state index is 0.173. The van der Waals surface area contributed by atoms with E-state index < -0.39 is 0 Å². The Morgan fingerprint density at radius 1 is 1.60 bits per heavy atom. The van der Waals surface area contributed by atoms with Crippen LogP contribution in [-0.2, 0) is 16.7 Å². The number of thiophene rings is 1. The molecule has 0 saturated heterocycles. The molecule has 1 aliphatic heterocycles. The molecule has 0 amide bonds. The van der Waals surface area contributed by atoms with Gasteiger partial charge in [0.15, 0.2) is 0 Å². The summed E-state index contributed by atoms with van der Waals surface area (Å²) in [5.41, 5.74) is 1.68. The molecule has 0 fully saturated rings. The van der Waals surface area contributed by atoms with E-state index in [1.54, 1.807) is 12.0 Å². The molecule has 0 radical (unpaired) electrons. The number of methoxy groups -OCH3 is 1. The van der Waals surface area contributed by atoms with Gasteiger partial charge >= 0.3 is 0 Å². The first-order valence-electron chi connectivity index (χ1n) is 5.57. The van der Waals surface area contributed by atoms with Crippen molar-refractivity contribution in [1.82, 2.24) is 5.32 Å². The minimum Gasteiger partial charge on any atom is -0.385 e. The van der Waals surface area contributed by atoms with Gasteiger partial charge < -0.3 is 10.1 Å². The summed E-state index contributed by atoms with van der Waals surface area (Å²) < 4.78 is 5.12. The summed E-state index contributed by atoms with van der Waals surface area (Å²) in [5, 5.41) is 5.86. The first-order chi connectivity index (χ1) is 7.26. The van der Waals surface area contributed by atoms with Crippen LogP contribution >= 0.6 is 11.3 Å². The maximum atomic E-state index is 5.12. The molecule has 1 unspecified atom stereocenters.